The summed E-state index contributed by atoms with van der Waals surface area (Å²) in [6, 6.07) is 11.2. The van der Waals surface area contributed by atoms with Crippen LogP contribution < -0.4 is 14.2 Å². The van der Waals surface area contributed by atoms with E-state index in [0.29, 0.717) is 39.8 Å². The number of nitro benzene ring substituents is 1. The van der Waals surface area contributed by atoms with Crippen LogP contribution in [0, 0.1) is 10.1 Å². The Morgan fingerprint density at radius 3 is 2.12 bits per heavy atom. The molecule has 0 saturated heterocycles. The number of ether oxygens (including phenoxy) is 3. The molecule has 8 heteroatoms. The van der Waals surface area contributed by atoms with Crippen molar-refractivity contribution in [2.45, 2.75) is 0 Å². The van der Waals surface area contributed by atoms with Crippen LogP contribution in [0.15, 0.2) is 47.0 Å². The molecule has 0 aliphatic carbocycles. The first-order valence-electron chi connectivity index (χ1n) is 7.59. The number of hydrogen-bond donors (Lipinski definition) is 0. The molecule has 0 unspecified atom stereocenters. The van der Waals surface area contributed by atoms with E-state index >= 15 is 0 Å². The summed E-state index contributed by atoms with van der Waals surface area (Å²) >= 11 is 0. The van der Waals surface area contributed by atoms with E-state index in [1.807, 2.05) is 0 Å². The second-order valence-electron chi connectivity index (χ2n) is 5.29. The van der Waals surface area contributed by atoms with Gasteiger partial charge in [0.25, 0.3) is 5.69 Å². The normalized spacial score (nSPS) is 10.4. The molecule has 0 N–H and O–H groups in total. The van der Waals surface area contributed by atoms with E-state index in [1.54, 1.807) is 37.4 Å². The number of rotatable bonds is 6. The molecule has 134 valence electrons. The van der Waals surface area contributed by atoms with Crippen LogP contribution in [0.4, 0.5) is 5.69 Å². The number of benzene rings is 2. The van der Waals surface area contributed by atoms with Gasteiger partial charge in [-0.3, -0.25) is 10.1 Å². The zero-order valence-corrected chi connectivity index (χ0v) is 14.4. The maximum absolute atomic E-state index is 10.8. The molecule has 0 saturated carbocycles. The van der Waals surface area contributed by atoms with Gasteiger partial charge in [-0.15, -0.1) is 0 Å². The first-order valence-corrected chi connectivity index (χ1v) is 7.59. The molecule has 1 aromatic heterocycles. The molecule has 0 radical (unpaired) electrons. The second kappa shape index (κ2) is 7.14. The van der Waals surface area contributed by atoms with E-state index in [4.69, 9.17) is 18.7 Å². The Labute approximate surface area is 149 Å². The van der Waals surface area contributed by atoms with Gasteiger partial charge < -0.3 is 18.7 Å². The Morgan fingerprint density at radius 2 is 1.54 bits per heavy atom. The van der Waals surface area contributed by atoms with Crippen LogP contribution in [-0.2, 0) is 0 Å². The van der Waals surface area contributed by atoms with Crippen LogP contribution in [0.2, 0.25) is 0 Å². The van der Waals surface area contributed by atoms with E-state index in [1.165, 1.54) is 26.4 Å². The van der Waals surface area contributed by atoms with E-state index in [9.17, 15) is 10.1 Å². The summed E-state index contributed by atoms with van der Waals surface area (Å²) < 4.78 is 21.4. The molecular formula is C18H16N2O6. The fourth-order valence-electron chi connectivity index (χ4n) is 2.51. The number of nitrogens with zero attached hydrogens (tertiary/aromatic N) is 2. The van der Waals surface area contributed by atoms with Gasteiger partial charge in [0.15, 0.2) is 17.3 Å². The average Bonchev–Trinajstić information content (AvgIpc) is 3.16. The van der Waals surface area contributed by atoms with Crippen LogP contribution in [0.25, 0.3) is 22.6 Å². The highest BCUT2D eigenvalue weighted by Crippen LogP contribution is 2.41. The van der Waals surface area contributed by atoms with E-state index < -0.39 is 4.92 Å². The van der Waals surface area contributed by atoms with Gasteiger partial charge in [-0.1, -0.05) is 5.16 Å². The number of methoxy groups -OCH3 is 3. The Kier molecular flexibility index (Phi) is 4.74. The molecule has 3 aromatic rings. The maximum atomic E-state index is 10.8. The highest BCUT2D eigenvalue weighted by molar-refractivity contribution is 5.74. The topological polar surface area (TPSA) is 96.9 Å². The van der Waals surface area contributed by atoms with Gasteiger partial charge in [-0.25, -0.2) is 0 Å². The zero-order valence-electron chi connectivity index (χ0n) is 14.4. The van der Waals surface area contributed by atoms with Crippen molar-refractivity contribution in [1.29, 1.82) is 0 Å². The molecule has 0 spiro atoms. The maximum Gasteiger partial charge on any atom is 0.269 e. The molecule has 2 aromatic carbocycles. The summed E-state index contributed by atoms with van der Waals surface area (Å²) in [7, 11) is 4.62. The Hall–Kier alpha value is -3.55. The Morgan fingerprint density at radius 1 is 0.923 bits per heavy atom. The van der Waals surface area contributed by atoms with Gasteiger partial charge in [0.05, 0.1) is 31.8 Å². The van der Waals surface area contributed by atoms with E-state index in [-0.39, 0.29) is 5.69 Å². The number of nitro groups is 1. The van der Waals surface area contributed by atoms with E-state index in [0.717, 1.165) is 0 Å². The largest absolute Gasteiger partial charge is 0.496 e. The summed E-state index contributed by atoms with van der Waals surface area (Å²) in [5, 5.41) is 14.8. The quantitative estimate of drug-likeness (QED) is 0.487. The molecule has 0 aliphatic heterocycles. The minimum atomic E-state index is -0.452. The lowest BCUT2D eigenvalue weighted by atomic mass is 10.1. The molecule has 1 heterocycles. The molecular weight excluding hydrogens is 340 g/mol. The molecule has 0 aliphatic rings. The standard InChI is InChI=1S/C18H16N2O6/c1-23-15-10-18(25-3)17(24-2)8-13(15)16-9-14(19-26-16)11-4-6-12(7-5-11)20(21)22/h4-10H,1-3H3. The molecule has 0 bridgehead atoms. The van der Waals surface area contributed by atoms with Crippen molar-refractivity contribution in [3.63, 3.8) is 0 Å². The summed E-state index contributed by atoms with van der Waals surface area (Å²) in [6.45, 7) is 0. The zero-order chi connectivity index (χ0) is 18.7. The van der Waals surface area contributed by atoms with Gasteiger partial charge in [-0.05, 0) is 18.2 Å². The first-order chi connectivity index (χ1) is 12.6. The monoisotopic (exact) mass is 356 g/mol. The lowest BCUT2D eigenvalue weighted by molar-refractivity contribution is -0.384. The number of aromatic nitrogens is 1. The van der Waals surface area contributed by atoms with Crippen molar-refractivity contribution in [1.82, 2.24) is 5.16 Å². The van der Waals surface area contributed by atoms with Crippen molar-refractivity contribution < 1.29 is 23.7 Å². The van der Waals surface area contributed by atoms with Crippen LogP contribution in [0.1, 0.15) is 0 Å². The third-order valence-electron chi connectivity index (χ3n) is 3.86. The highest BCUT2D eigenvalue weighted by atomic mass is 16.6. The predicted octanol–water partition coefficient (Wildman–Crippen LogP) is 3.94. The minimum absolute atomic E-state index is 0.0130. The van der Waals surface area contributed by atoms with Crippen molar-refractivity contribution in [3.8, 4) is 39.8 Å². The van der Waals surface area contributed by atoms with E-state index in [2.05, 4.69) is 5.16 Å². The highest BCUT2D eigenvalue weighted by Gasteiger charge is 2.18. The van der Waals surface area contributed by atoms with Gasteiger partial charge >= 0.3 is 0 Å². The summed E-state index contributed by atoms with van der Waals surface area (Å²) in [4.78, 5) is 10.3. The van der Waals surface area contributed by atoms with Crippen molar-refractivity contribution in [2.24, 2.45) is 0 Å². The fraction of sp³-hybridized carbons (Fsp3) is 0.167. The molecule has 8 nitrogen and oxygen atoms in total. The third kappa shape index (κ3) is 3.16. The van der Waals surface area contributed by atoms with Crippen molar-refractivity contribution in [3.05, 3.63) is 52.6 Å². The SMILES string of the molecule is COc1cc(OC)c(-c2cc(-c3ccc([N+](=O)[O-])cc3)no2)cc1OC. The molecule has 0 fully saturated rings. The predicted molar refractivity (Wildman–Crippen MR) is 93.7 cm³/mol. The fourth-order valence-corrected chi connectivity index (χ4v) is 2.51. The van der Waals surface area contributed by atoms with Crippen molar-refractivity contribution in [2.75, 3.05) is 21.3 Å². The third-order valence-corrected chi connectivity index (χ3v) is 3.86. The molecule has 0 atom stereocenters. The lowest BCUT2D eigenvalue weighted by Crippen LogP contribution is -1.94. The van der Waals surface area contributed by atoms with Crippen LogP contribution >= 0.6 is 0 Å². The Balaban J connectivity index is 2.00. The molecule has 26 heavy (non-hydrogen) atoms. The Bertz CT molecular complexity index is 933. The number of non-ortho nitro benzene ring substituents is 1. The number of hydrogen-bond acceptors (Lipinski definition) is 7. The summed E-state index contributed by atoms with van der Waals surface area (Å²) in [5.41, 5.74) is 1.90. The average molecular weight is 356 g/mol. The first kappa shape index (κ1) is 17.3. The van der Waals surface area contributed by atoms with Crippen LogP contribution in [-0.4, -0.2) is 31.4 Å². The molecule has 0 amide bonds. The smallest absolute Gasteiger partial charge is 0.269 e. The van der Waals surface area contributed by atoms with Gasteiger partial charge in [0, 0.05) is 29.8 Å². The van der Waals surface area contributed by atoms with Crippen LogP contribution in [0.5, 0.6) is 17.2 Å². The summed E-state index contributed by atoms with van der Waals surface area (Å²) in [5.74, 6) is 2.06. The van der Waals surface area contributed by atoms with Gasteiger partial charge in [0.2, 0.25) is 0 Å². The second-order valence-corrected chi connectivity index (χ2v) is 5.29. The van der Waals surface area contributed by atoms with Crippen molar-refractivity contribution >= 4 is 5.69 Å². The van der Waals surface area contributed by atoms with Crippen LogP contribution in [0.3, 0.4) is 0 Å². The van der Waals surface area contributed by atoms with Gasteiger partial charge in [0.1, 0.15) is 11.4 Å². The summed E-state index contributed by atoms with van der Waals surface area (Å²) in [6.07, 6.45) is 0. The minimum Gasteiger partial charge on any atom is -0.496 e. The molecule has 3 rings (SSSR count). The lowest BCUT2D eigenvalue weighted by Gasteiger charge is -2.12. The van der Waals surface area contributed by atoms with Gasteiger partial charge in [-0.2, -0.15) is 0 Å².